The van der Waals surface area contributed by atoms with E-state index in [0.717, 1.165) is 37.6 Å². The van der Waals surface area contributed by atoms with Gasteiger partial charge in [0.2, 0.25) is 5.89 Å². The Morgan fingerprint density at radius 2 is 2.22 bits per heavy atom. The average Bonchev–Trinajstić information content (AvgIpc) is 2.88. The van der Waals surface area contributed by atoms with Crippen LogP contribution in [-0.2, 0) is 11.2 Å². The molecule has 1 aromatic rings. The predicted octanol–water partition coefficient (Wildman–Crippen LogP) is 1.88. The van der Waals surface area contributed by atoms with E-state index >= 15 is 0 Å². The molecule has 0 spiro atoms. The molecule has 1 aliphatic carbocycles. The number of aryl methyl sites for hydroxylation is 1. The summed E-state index contributed by atoms with van der Waals surface area (Å²) in [5.74, 6) is 2.46. The molecule has 1 saturated carbocycles. The third-order valence-corrected chi connectivity index (χ3v) is 3.76. The van der Waals surface area contributed by atoms with Crippen LogP contribution in [0.4, 0.5) is 0 Å². The summed E-state index contributed by atoms with van der Waals surface area (Å²) in [5, 5.41) is 4.05. The molecule has 1 heterocycles. The van der Waals surface area contributed by atoms with Crippen LogP contribution in [0.2, 0.25) is 0 Å². The Morgan fingerprint density at radius 1 is 1.39 bits per heavy atom. The summed E-state index contributed by atoms with van der Waals surface area (Å²) in [6.07, 6.45) is 6.57. The first-order valence-electron chi connectivity index (χ1n) is 6.86. The molecule has 5 nitrogen and oxygen atoms in total. The van der Waals surface area contributed by atoms with Crippen LogP contribution in [0.25, 0.3) is 0 Å². The third-order valence-electron chi connectivity index (χ3n) is 3.76. The molecule has 1 aliphatic rings. The van der Waals surface area contributed by atoms with Gasteiger partial charge < -0.3 is 15.0 Å². The van der Waals surface area contributed by atoms with Crippen molar-refractivity contribution in [3.63, 3.8) is 0 Å². The Balaban J connectivity index is 1.95. The van der Waals surface area contributed by atoms with Crippen molar-refractivity contribution in [3.8, 4) is 0 Å². The van der Waals surface area contributed by atoms with E-state index in [0.29, 0.717) is 18.4 Å². The maximum absolute atomic E-state index is 5.83. The second-order valence-corrected chi connectivity index (χ2v) is 5.03. The zero-order valence-electron chi connectivity index (χ0n) is 11.1. The average molecular weight is 253 g/mol. The molecule has 1 aromatic heterocycles. The normalized spacial score (nSPS) is 24.3. The number of methoxy groups -OCH3 is 1. The second-order valence-electron chi connectivity index (χ2n) is 5.03. The van der Waals surface area contributed by atoms with Crippen LogP contribution in [0.5, 0.6) is 0 Å². The van der Waals surface area contributed by atoms with E-state index < -0.39 is 0 Å². The molecular formula is C13H23N3O2. The lowest BCUT2D eigenvalue weighted by atomic mass is 9.79. The molecule has 2 atom stereocenters. The van der Waals surface area contributed by atoms with E-state index in [1.54, 1.807) is 7.11 Å². The first kappa shape index (κ1) is 13.5. The predicted molar refractivity (Wildman–Crippen MR) is 68.2 cm³/mol. The van der Waals surface area contributed by atoms with Crippen LogP contribution in [0.1, 0.15) is 49.7 Å². The Kier molecular flexibility index (Phi) is 5.13. The van der Waals surface area contributed by atoms with Gasteiger partial charge in [-0.15, -0.1) is 0 Å². The summed E-state index contributed by atoms with van der Waals surface area (Å²) in [6.45, 7) is 1.45. The number of hydrogen-bond donors (Lipinski definition) is 1. The molecular weight excluding hydrogens is 230 g/mol. The fraction of sp³-hybridized carbons (Fsp3) is 0.846. The van der Waals surface area contributed by atoms with E-state index in [-0.39, 0.29) is 0 Å². The number of hydrogen-bond acceptors (Lipinski definition) is 5. The minimum Gasteiger partial charge on any atom is -0.385 e. The van der Waals surface area contributed by atoms with Gasteiger partial charge in [-0.05, 0) is 31.7 Å². The van der Waals surface area contributed by atoms with Gasteiger partial charge in [0, 0.05) is 26.1 Å². The van der Waals surface area contributed by atoms with Gasteiger partial charge in [0.1, 0.15) is 0 Å². The van der Waals surface area contributed by atoms with Crippen LogP contribution in [0.3, 0.4) is 0 Å². The molecule has 0 aliphatic heterocycles. The van der Waals surface area contributed by atoms with Gasteiger partial charge in [0.25, 0.3) is 0 Å². The number of nitrogens with two attached hydrogens (primary N) is 1. The Labute approximate surface area is 108 Å². The van der Waals surface area contributed by atoms with Gasteiger partial charge in [-0.25, -0.2) is 0 Å². The van der Waals surface area contributed by atoms with Crippen LogP contribution in [0, 0.1) is 5.92 Å². The maximum atomic E-state index is 5.83. The third kappa shape index (κ3) is 3.29. The van der Waals surface area contributed by atoms with Crippen molar-refractivity contribution in [2.75, 3.05) is 20.3 Å². The van der Waals surface area contributed by atoms with Crippen molar-refractivity contribution in [1.82, 2.24) is 10.1 Å². The quantitative estimate of drug-likeness (QED) is 0.783. The molecule has 2 N–H and O–H groups in total. The van der Waals surface area contributed by atoms with E-state index in [9.17, 15) is 0 Å². The lowest BCUT2D eigenvalue weighted by molar-refractivity contribution is 0.194. The SMILES string of the molecule is COCCCc1noc(C2CCCCC2CN)n1. The van der Waals surface area contributed by atoms with Gasteiger partial charge in [-0.1, -0.05) is 18.0 Å². The first-order chi connectivity index (χ1) is 8.85. The standard InChI is InChI=1S/C13H23N3O2/c1-17-8-4-7-12-15-13(18-16-12)11-6-3-2-5-10(11)9-14/h10-11H,2-9,14H2,1H3. The first-order valence-corrected chi connectivity index (χ1v) is 6.86. The molecule has 18 heavy (non-hydrogen) atoms. The largest absolute Gasteiger partial charge is 0.385 e. The highest BCUT2D eigenvalue weighted by Crippen LogP contribution is 2.36. The van der Waals surface area contributed by atoms with Gasteiger partial charge in [-0.2, -0.15) is 4.98 Å². The van der Waals surface area contributed by atoms with E-state index in [1.165, 1.54) is 19.3 Å². The Morgan fingerprint density at radius 3 is 3.00 bits per heavy atom. The smallest absolute Gasteiger partial charge is 0.230 e. The van der Waals surface area contributed by atoms with Crippen LogP contribution in [0.15, 0.2) is 4.52 Å². The zero-order valence-corrected chi connectivity index (χ0v) is 11.1. The minimum absolute atomic E-state index is 0.368. The highest BCUT2D eigenvalue weighted by atomic mass is 16.5. The summed E-state index contributed by atoms with van der Waals surface area (Å²) < 4.78 is 10.4. The van der Waals surface area contributed by atoms with Crippen molar-refractivity contribution >= 4 is 0 Å². The highest BCUT2D eigenvalue weighted by molar-refractivity contribution is 4.99. The van der Waals surface area contributed by atoms with Crippen LogP contribution >= 0.6 is 0 Å². The van der Waals surface area contributed by atoms with Crippen molar-refractivity contribution in [1.29, 1.82) is 0 Å². The van der Waals surface area contributed by atoms with Gasteiger partial charge >= 0.3 is 0 Å². The number of rotatable bonds is 6. The summed E-state index contributed by atoms with van der Waals surface area (Å²) in [4.78, 5) is 4.52. The number of nitrogens with zero attached hydrogens (tertiary/aromatic N) is 2. The van der Waals surface area contributed by atoms with Gasteiger partial charge in [0.05, 0.1) is 0 Å². The lowest BCUT2D eigenvalue weighted by Crippen LogP contribution is -2.25. The van der Waals surface area contributed by atoms with Gasteiger partial charge in [-0.3, -0.25) is 0 Å². The fourth-order valence-electron chi connectivity index (χ4n) is 2.71. The van der Waals surface area contributed by atoms with Crippen molar-refractivity contribution in [2.24, 2.45) is 11.7 Å². The second kappa shape index (κ2) is 6.85. The Bertz CT molecular complexity index is 354. The highest BCUT2D eigenvalue weighted by Gasteiger charge is 2.29. The Hall–Kier alpha value is -0.940. The maximum Gasteiger partial charge on any atom is 0.230 e. The molecule has 0 saturated heterocycles. The summed E-state index contributed by atoms with van der Waals surface area (Å²) in [5.41, 5.74) is 5.83. The summed E-state index contributed by atoms with van der Waals surface area (Å²) in [7, 11) is 1.70. The molecule has 0 radical (unpaired) electrons. The van der Waals surface area contributed by atoms with E-state index in [4.69, 9.17) is 15.0 Å². The topological polar surface area (TPSA) is 74.2 Å². The molecule has 5 heteroatoms. The fourth-order valence-corrected chi connectivity index (χ4v) is 2.71. The molecule has 1 fully saturated rings. The van der Waals surface area contributed by atoms with E-state index in [1.807, 2.05) is 0 Å². The lowest BCUT2D eigenvalue weighted by Gasteiger charge is -2.27. The molecule has 0 amide bonds. The van der Waals surface area contributed by atoms with E-state index in [2.05, 4.69) is 10.1 Å². The van der Waals surface area contributed by atoms with Crippen molar-refractivity contribution in [2.45, 2.75) is 44.4 Å². The molecule has 0 bridgehead atoms. The molecule has 2 rings (SSSR count). The van der Waals surface area contributed by atoms with Crippen molar-refractivity contribution in [3.05, 3.63) is 11.7 Å². The summed E-state index contributed by atoms with van der Waals surface area (Å²) in [6, 6.07) is 0. The molecule has 0 aromatic carbocycles. The van der Waals surface area contributed by atoms with Crippen LogP contribution < -0.4 is 5.73 Å². The zero-order chi connectivity index (χ0) is 12.8. The van der Waals surface area contributed by atoms with Crippen molar-refractivity contribution < 1.29 is 9.26 Å². The monoisotopic (exact) mass is 253 g/mol. The number of aromatic nitrogens is 2. The molecule has 102 valence electrons. The minimum atomic E-state index is 0.368. The van der Waals surface area contributed by atoms with Crippen LogP contribution in [-0.4, -0.2) is 30.4 Å². The number of ether oxygens (including phenoxy) is 1. The molecule has 2 unspecified atom stereocenters. The summed E-state index contributed by atoms with van der Waals surface area (Å²) >= 11 is 0. The van der Waals surface area contributed by atoms with Gasteiger partial charge in [0.15, 0.2) is 5.82 Å².